The Balaban J connectivity index is 1.47. The molecule has 1 aliphatic heterocycles. The molecule has 0 aromatic heterocycles. The van der Waals surface area contributed by atoms with Crippen molar-refractivity contribution in [1.29, 1.82) is 0 Å². The van der Waals surface area contributed by atoms with Gasteiger partial charge in [0.1, 0.15) is 0 Å². The molecule has 0 radical (unpaired) electrons. The van der Waals surface area contributed by atoms with Crippen molar-refractivity contribution in [3.05, 3.63) is 35.4 Å². The summed E-state index contributed by atoms with van der Waals surface area (Å²) in [5.74, 6) is 0.527. The smallest absolute Gasteiger partial charge is 0.251 e. The molecule has 1 aromatic rings. The Morgan fingerprint density at radius 3 is 2.44 bits per heavy atom. The third-order valence-corrected chi connectivity index (χ3v) is 6.38. The number of benzene rings is 1. The number of amides is 1. The van der Waals surface area contributed by atoms with E-state index in [1.165, 1.54) is 24.8 Å². The van der Waals surface area contributed by atoms with E-state index in [9.17, 15) is 9.90 Å². The summed E-state index contributed by atoms with van der Waals surface area (Å²) in [7, 11) is 0. The summed E-state index contributed by atoms with van der Waals surface area (Å²) in [6.07, 6.45) is 7.10. The van der Waals surface area contributed by atoms with Crippen molar-refractivity contribution in [3.8, 4) is 0 Å². The molecular weight excluding hydrogens is 312 g/mol. The molecule has 3 rings (SSSR count). The summed E-state index contributed by atoms with van der Waals surface area (Å²) in [6, 6.07) is 8.05. The molecular formula is C21H32N2O2. The summed E-state index contributed by atoms with van der Waals surface area (Å²) in [4.78, 5) is 14.8. The number of aliphatic hydroxyl groups excluding tert-OH is 1. The summed E-state index contributed by atoms with van der Waals surface area (Å²) < 4.78 is 0. The van der Waals surface area contributed by atoms with E-state index in [1.807, 2.05) is 12.1 Å². The Hall–Kier alpha value is -1.39. The zero-order chi connectivity index (χ0) is 17.7. The van der Waals surface area contributed by atoms with Gasteiger partial charge in [0.25, 0.3) is 5.91 Å². The summed E-state index contributed by atoms with van der Waals surface area (Å²) in [5.41, 5.74) is 2.37. The van der Waals surface area contributed by atoms with Crippen molar-refractivity contribution < 1.29 is 9.90 Å². The monoisotopic (exact) mass is 344 g/mol. The highest BCUT2D eigenvalue weighted by molar-refractivity contribution is 5.94. The standard InChI is InChI=1S/C21H32N2O2/c1-2-21(10-3-11-21)16-22-20(25)19-6-4-17(5-7-19)14-23-12-8-18(15-24)9-13-23/h4-7,18,24H,2-3,8-16H2,1H3,(H,22,25). The number of hydrogen-bond acceptors (Lipinski definition) is 3. The second-order valence-corrected chi connectivity index (χ2v) is 7.99. The largest absolute Gasteiger partial charge is 0.396 e. The lowest BCUT2D eigenvalue weighted by molar-refractivity contribution is 0.0850. The van der Waals surface area contributed by atoms with Gasteiger partial charge in [-0.05, 0) is 74.2 Å². The number of piperidine rings is 1. The molecule has 2 aliphatic rings. The SMILES string of the molecule is CCC1(CNC(=O)c2ccc(CN3CCC(CO)CC3)cc2)CCC1. The van der Waals surface area contributed by atoms with Crippen LogP contribution in [-0.2, 0) is 6.54 Å². The lowest BCUT2D eigenvalue weighted by Crippen LogP contribution is -2.41. The van der Waals surface area contributed by atoms with E-state index in [4.69, 9.17) is 0 Å². The molecule has 4 heteroatoms. The van der Waals surface area contributed by atoms with Crippen LogP contribution in [0.4, 0.5) is 0 Å². The molecule has 1 aliphatic carbocycles. The van der Waals surface area contributed by atoms with Gasteiger partial charge < -0.3 is 10.4 Å². The van der Waals surface area contributed by atoms with Crippen molar-refractivity contribution in [2.75, 3.05) is 26.2 Å². The van der Waals surface area contributed by atoms with E-state index in [-0.39, 0.29) is 5.91 Å². The molecule has 1 heterocycles. The molecule has 2 fully saturated rings. The average molecular weight is 344 g/mol. The second-order valence-electron chi connectivity index (χ2n) is 7.99. The van der Waals surface area contributed by atoms with Gasteiger partial charge in [-0.25, -0.2) is 0 Å². The van der Waals surface area contributed by atoms with E-state index in [1.54, 1.807) is 0 Å². The van der Waals surface area contributed by atoms with Crippen LogP contribution in [0.1, 0.15) is 61.4 Å². The molecule has 0 spiro atoms. The quantitative estimate of drug-likeness (QED) is 0.799. The first-order valence-electron chi connectivity index (χ1n) is 9.84. The van der Waals surface area contributed by atoms with Gasteiger partial charge in [0.2, 0.25) is 0 Å². The summed E-state index contributed by atoms with van der Waals surface area (Å²) in [5, 5.41) is 12.4. The maximum absolute atomic E-state index is 12.4. The van der Waals surface area contributed by atoms with Crippen molar-refractivity contribution in [2.24, 2.45) is 11.3 Å². The second kappa shape index (κ2) is 8.33. The highest BCUT2D eigenvalue weighted by atomic mass is 16.3. The lowest BCUT2D eigenvalue weighted by Gasteiger charge is -2.41. The van der Waals surface area contributed by atoms with E-state index in [0.717, 1.165) is 51.0 Å². The lowest BCUT2D eigenvalue weighted by atomic mass is 9.67. The Bertz CT molecular complexity index is 552. The molecule has 2 N–H and O–H groups in total. The van der Waals surface area contributed by atoms with Crippen molar-refractivity contribution in [1.82, 2.24) is 10.2 Å². The van der Waals surface area contributed by atoms with Crippen LogP contribution in [0.2, 0.25) is 0 Å². The van der Waals surface area contributed by atoms with Crippen LogP contribution < -0.4 is 5.32 Å². The number of carbonyl (C=O) groups is 1. The Kier molecular flexibility index (Phi) is 6.13. The summed E-state index contributed by atoms with van der Waals surface area (Å²) >= 11 is 0. The molecule has 1 saturated carbocycles. The maximum atomic E-state index is 12.4. The first-order chi connectivity index (χ1) is 12.1. The van der Waals surface area contributed by atoms with Crippen LogP contribution in [0.15, 0.2) is 24.3 Å². The van der Waals surface area contributed by atoms with Crippen LogP contribution >= 0.6 is 0 Å². The number of nitrogens with one attached hydrogen (secondary N) is 1. The third kappa shape index (κ3) is 4.62. The van der Waals surface area contributed by atoms with Gasteiger partial charge in [0.05, 0.1) is 0 Å². The minimum absolute atomic E-state index is 0.0510. The molecule has 1 aromatic carbocycles. The highest BCUT2D eigenvalue weighted by Crippen LogP contribution is 2.43. The fourth-order valence-electron chi connectivity index (χ4n) is 4.05. The molecule has 25 heavy (non-hydrogen) atoms. The Morgan fingerprint density at radius 2 is 1.92 bits per heavy atom. The van der Waals surface area contributed by atoms with Crippen LogP contribution in [0.3, 0.4) is 0 Å². The minimum atomic E-state index is 0.0510. The molecule has 4 nitrogen and oxygen atoms in total. The van der Waals surface area contributed by atoms with Crippen LogP contribution in [0.25, 0.3) is 0 Å². The van der Waals surface area contributed by atoms with Crippen LogP contribution in [-0.4, -0.2) is 42.2 Å². The van der Waals surface area contributed by atoms with Gasteiger partial charge >= 0.3 is 0 Å². The average Bonchev–Trinajstić information content (AvgIpc) is 2.62. The zero-order valence-corrected chi connectivity index (χ0v) is 15.5. The first kappa shape index (κ1) is 18.4. The fourth-order valence-corrected chi connectivity index (χ4v) is 4.05. The number of carbonyl (C=O) groups excluding carboxylic acids is 1. The van der Waals surface area contributed by atoms with E-state index in [0.29, 0.717) is 17.9 Å². The fraction of sp³-hybridized carbons (Fsp3) is 0.667. The van der Waals surface area contributed by atoms with Crippen LogP contribution in [0.5, 0.6) is 0 Å². The van der Waals surface area contributed by atoms with Crippen molar-refractivity contribution in [2.45, 2.75) is 52.0 Å². The number of hydrogen-bond donors (Lipinski definition) is 2. The number of aliphatic hydroxyl groups is 1. The van der Waals surface area contributed by atoms with Gasteiger partial charge in [-0.15, -0.1) is 0 Å². The number of nitrogens with zero attached hydrogens (tertiary/aromatic N) is 1. The molecule has 0 atom stereocenters. The number of likely N-dealkylation sites (tertiary alicyclic amines) is 1. The Morgan fingerprint density at radius 1 is 1.24 bits per heavy atom. The molecule has 0 bridgehead atoms. The topological polar surface area (TPSA) is 52.6 Å². The third-order valence-electron chi connectivity index (χ3n) is 6.38. The van der Waals surface area contributed by atoms with Gasteiger partial charge in [-0.3, -0.25) is 9.69 Å². The van der Waals surface area contributed by atoms with E-state index >= 15 is 0 Å². The zero-order valence-electron chi connectivity index (χ0n) is 15.5. The first-order valence-corrected chi connectivity index (χ1v) is 9.84. The van der Waals surface area contributed by atoms with Gasteiger partial charge in [0.15, 0.2) is 0 Å². The van der Waals surface area contributed by atoms with Gasteiger partial charge in [0, 0.05) is 25.3 Å². The van der Waals surface area contributed by atoms with E-state index < -0.39 is 0 Å². The van der Waals surface area contributed by atoms with E-state index in [2.05, 4.69) is 29.3 Å². The normalized spacial score (nSPS) is 20.9. The minimum Gasteiger partial charge on any atom is -0.396 e. The molecule has 1 saturated heterocycles. The maximum Gasteiger partial charge on any atom is 0.251 e. The summed E-state index contributed by atoms with van der Waals surface area (Å²) in [6.45, 7) is 6.38. The number of rotatable bonds is 7. The predicted molar refractivity (Wildman–Crippen MR) is 100 cm³/mol. The van der Waals surface area contributed by atoms with Crippen LogP contribution in [0, 0.1) is 11.3 Å². The Labute approximate surface area is 151 Å². The predicted octanol–water partition coefficient (Wildman–Crippen LogP) is 3.20. The van der Waals surface area contributed by atoms with Crippen molar-refractivity contribution in [3.63, 3.8) is 0 Å². The van der Waals surface area contributed by atoms with Gasteiger partial charge in [-0.2, -0.15) is 0 Å². The van der Waals surface area contributed by atoms with Crippen molar-refractivity contribution >= 4 is 5.91 Å². The molecule has 0 unspecified atom stereocenters. The molecule has 138 valence electrons. The molecule has 1 amide bonds. The van der Waals surface area contributed by atoms with Gasteiger partial charge in [-0.1, -0.05) is 25.5 Å². The highest BCUT2D eigenvalue weighted by Gasteiger charge is 2.35.